The SMILES string of the molecule is CCOC(=O)COc1cccc2scnc12. The quantitative estimate of drug-likeness (QED) is 0.765. The summed E-state index contributed by atoms with van der Waals surface area (Å²) in [5.41, 5.74) is 2.54. The molecule has 0 fully saturated rings. The fourth-order valence-electron chi connectivity index (χ4n) is 1.32. The van der Waals surface area contributed by atoms with Crippen LogP contribution in [0.1, 0.15) is 6.92 Å². The number of rotatable bonds is 4. The minimum absolute atomic E-state index is 0.0789. The van der Waals surface area contributed by atoms with Crippen LogP contribution in [0.4, 0.5) is 0 Å². The highest BCUT2D eigenvalue weighted by atomic mass is 32.1. The topological polar surface area (TPSA) is 48.4 Å². The van der Waals surface area contributed by atoms with E-state index in [0.717, 1.165) is 10.2 Å². The monoisotopic (exact) mass is 237 g/mol. The van der Waals surface area contributed by atoms with Crippen LogP contribution in [0.5, 0.6) is 5.75 Å². The molecule has 0 saturated carbocycles. The Morgan fingerprint density at radius 1 is 1.50 bits per heavy atom. The van der Waals surface area contributed by atoms with E-state index in [4.69, 9.17) is 9.47 Å². The fourth-order valence-corrected chi connectivity index (χ4v) is 2.01. The molecule has 0 aliphatic carbocycles. The van der Waals surface area contributed by atoms with E-state index in [0.29, 0.717) is 12.4 Å². The molecule has 5 heteroatoms. The van der Waals surface area contributed by atoms with Crippen LogP contribution in [-0.4, -0.2) is 24.2 Å². The maximum absolute atomic E-state index is 11.1. The molecule has 0 radical (unpaired) electrons. The maximum Gasteiger partial charge on any atom is 0.344 e. The fraction of sp³-hybridized carbons (Fsp3) is 0.273. The van der Waals surface area contributed by atoms with Crippen LogP contribution in [0.25, 0.3) is 10.2 Å². The second-order valence-corrected chi connectivity index (χ2v) is 3.94. The van der Waals surface area contributed by atoms with Gasteiger partial charge in [-0.25, -0.2) is 9.78 Å². The van der Waals surface area contributed by atoms with Gasteiger partial charge in [-0.1, -0.05) is 6.07 Å². The lowest BCUT2D eigenvalue weighted by molar-refractivity contribution is -0.145. The van der Waals surface area contributed by atoms with E-state index in [1.807, 2.05) is 12.1 Å². The molecule has 16 heavy (non-hydrogen) atoms. The third-order valence-electron chi connectivity index (χ3n) is 1.97. The van der Waals surface area contributed by atoms with Gasteiger partial charge in [0.1, 0.15) is 11.3 Å². The van der Waals surface area contributed by atoms with Crippen molar-refractivity contribution in [1.82, 2.24) is 4.98 Å². The van der Waals surface area contributed by atoms with E-state index in [1.54, 1.807) is 18.5 Å². The Kier molecular flexibility index (Phi) is 3.36. The van der Waals surface area contributed by atoms with E-state index in [2.05, 4.69) is 4.98 Å². The van der Waals surface area contributed by atoms with Crippen molar-refractivity contribution in [3.63, 3.8) is 0 Å². The number of aromatic nitrogens is 1. The van der Waals surface area contributed by atoms with Gasteiger partial charge in [0.05, 0.1) is 16.8 Å². The number of hydrogen-bond acceptors (Lipinski definition) is 5. The van der Waals surface area contributed by atoms with Crippen LogP contribution < -0.4 is 4.74 Å². The van der Waals surface area contributed by atoms with Crippen LogP contribution in [-0.2, 0) is 9.53 Å². The van der Waals surface area contributed by atoms with Gasteiger partial charge < -0.3 is 9.47 Å². The Bertz CT molecular complexity index is 495. The zero-order valence-electron chi connectivity index (χ0n) is 8.80. The highest BCUT2D eigenvalue weighted by molar-refractivity contribution is 7.16. The summed E-state index contributed by atoms with van der Waals surface area (Å²) in [5, 5.41) is 0. The van der Waals surface area contributed by atoms with Crippen LogP contribution in [0.2, 0.25) is 0 Å². The number of ether oxygens (including phenoxy) is 2. The van der Waals surface area contributed by atoms with Crippen molar-refractivity contribution in [2.45, 2.75) is 6.92 Å². The molecule has 0 saturated heterocycles. The molecule has 2 rings (SSSR count). The molecule has 0 N–H and O–H groups in total. The number of carbonyl (C=O) groups excluding carboxylic acids is 1. The average molecular weight is 237 g/mol. The van der Waals surface area contributed by atoms with Crippen molar-refractivity contribution in [3.05, 3.63) is 23.7 Å². The number of esters is 1. The normalized spacial score (nSPS) is 10.3. The number of carbonyl (C=O) groups is 1. The lowest BCUT2D eigenvalue weighted by Gasteiger charge is -2.05. The molecule has 0 amide bonds. The first-order chi connectivity index (χ1) is 7.81. The average Bonchev–Trinajstić information content (AvgIpc) is 2.75. The summed E-state index contributed by atoms with van der Waals surface area (Å²) in [7, 11) is 0. The Morgan fingerprint density at radius 2 is 2.38 bits per heavy atom. The van der Waals surface area contributed by atoms with Gasteiger partial charge in [0.2, 0.25) is 0 Å². The molecule has 0 aliphatic rings. The van der Waals surface area contributed by atoms with Gasteiger partial charge in [0.15, 0.2) is 6.61 Å². The van der Waals surface area contributed by atoms with Gasteiger partial charge in [-0.15, -0.1) is 11.3 Å². The lowest BCUT2D eigenvalue weighted by Crippen LogP contribution is -2.14. The standard InChI is InChI=1S/C11H11NO3S/c1-2-14-10(13)6-15-8-4-3-5-9-11(8)12-7-16-9/h3-5,7H,2,6H2,1H3. The van der Waals surface area contributed by atoms with E-state index >= 15 is 0 Å². The van der Waals surface area contributed by atoms with Gasteiger partial charge in [-0.3, -0.25) is 0 Å². The van der Waals surface area contributed by atoms with Crippen molar-refractivity contribution < 1.29 is 14.3 Å². The summed E-state index contributed by atoms with van der Waals surface area (Å²) in [6.07, 6.45) is 0. The van der Waals surface area contributed by atoms with Crippen molar-refractivity contribution in [2.24, 2.45) is 0 Å². The molecule has 0 bridgehead atoms. The summed E-state index contributed by atoms with van der Waals surface area (Å²) in [5.74, 6) is 0.251. The summed E-state index contributed by atoms with van der Waals surface area (Å²) in [4.78, 5) is 15.3. The number of para-hydroxylation sites is 1. The lowest BCUT2D eigenvalue weighted by atomic mass is 10.3. The first-order valence-electron chi connectivity index (χ1n) is 4.92. The van der Waals surface area contributed by atoms with Gasteiger partial charge >= 0.3 is 5.97 Å². The summed E-state index contributed by atoms with van der Waals surface area (Å²) < 4.78 is 11.2. The molecular formula is C11H11NO3S. The number of thiazole rings is 1. The van der Waals surface area contributed by atoms with Crippen molar-refractivity contribution in [2.75, 3.05) is 13.2 Å². The van der Waals surface area contributed by atoms with Gasteiger partial charge in [-0.2, -0.15) is 0 Å². The minimum Gasteiger partial charge on any atom is -0.480 e. The van der Waals surface area contributed by atoms with Crippen LogP contribution >= 0.6 is 11.3 Å². The maximum atomic E-state index is 11.1. The second-order valence-electron chi connectivity index (χ2n) is 3.05. The number of benzene rings is 1. The smallest absolute Gasteiger partial charge is 0.344 e. The Morgan fingerprint density at radius 3 is 3.19 bits per heavy atom. The highest BCUT2D eigenvalue weighted by Gasteiger charge is 2.07. The summed E-state index contributed by atoms with van der Waals surface area (Å²) >= 11 is 1.54. The number of fused-ring (bicyclic) bond motifs is 1. The third-order valence-corrected chi connectivity index (χ3v) is 2.77. The molecule has 1 aromatic heterocycles. The second kappa shape index (κ2) is 4.94. The highest BCUT2D eigenvalue weighted by Crippen LogP contribution is 2.26. The zero-order chi connectivity index (χ0) is 11.4. The molecule has 84 valence electrons. The summed E-state index contributed by atoms with van der Waals surface area (Å²) in [6.45, 7) is 2.05. The minimum atomic E-state index is -0.366. The van der Waals surface area contributed by atoms with Crippen molar-refractivity contribution in [3.8, 4) is 5.75 Å². The molecule has 0 spiro atoms. The third kappa shape index (κ3) is 2.30. The van der Waals surface area contributed by atoms with Crippen molar-refractivity contribution in [1.29, 1.82) is 0 Å². The first kappa shape index (κ1) is 10.9. The van der Waals surface area contributed by atoms with E-state index in [-0.39, 0.29) is 12.6 Å². The van der Waals surface area contributed by atoms with Gasteiger partial charge in [-0.05, 0) is 19.1 Å². The molecule has 2 aromatic rings. The predicted octanol–water partition coefficient (Wildman–Crippen LogP) is 2.24. The van der Waals surface area contributed by atoms with E-state index < -0.39 is 0 Å². The molecule has 0 aliphatic heterocycles. The molecule has 4 nitrogen and oxygen atoms in total. The van der Waals surface area contributed by atoms with E-state index in [1.165, 1.54) is 11.3 Å². The number of hydrogen-bond donors (Lipinski definition) is 0. The van der Waals surface area contributed by atoms with Crippen LogP contribution in [0.3, 0.4) is 0 Å². The van der Waals surface area contributed by atoms with Crippen LogP contribution in [0, 0.1) is 0 Å². The first-order valence-corrected chi connectivity index (χ1v) is 5.80. The Labute approximate surface area is 96.8 Å². The summed E-state index contributed by atoms with van der Waals surface area (Å²) in [6, 6.07) is 5.63. The Hall–Kier alpha value is -1.62. The van der Waals surface area contributed by atoms with E-state index in [9.17, 15) is 4.79 Å². The van der Waals surface area contributed by atoms with Gasteiger partial charge in [0, 0.05) is 0 Å². The molecule has 0 unspecified atom stereocenters. The largest absolute Gasteiger partial charge is 0.480 e. The zero-order valence-corrected chi connectivity index (χ0v) is 9.62. The van der Waals surface area contributed by atoms with Crippen LogP contribution in [0.15, 0.2) is 23.7 Å². The van der Waals surface area contributed by atoms with Gasteiger partial charge in [0.25, 0.3) is 0 Å². The Balaban J connectivity index is 2.09. The number of nitrogens with zero attached hydrogens (tertiary/aromatic N) is 1. The van der Waals surface area contributed by atoms with Crippen molar-refractivity contribution >= 4 is 27.5 Å². The molecule has 1 heterocycles. The molecular weight excluding hydrogens is 226 g/mol. The molecule has 0 atom stereocenters. The predicted molar refractivity (Wildman–Crippen MR) is 61.7 cm³/mol. The molecule has 1 aromatic carbocycles.